The van der Waals surface area contributed by atoms with Gasteiger partial charge in [-0.15, -0.1) is 13.2 Å². The number of carboxylic acid groups (broad SMARTS) is 1. The molecular formula is C30H31F3N2O4. The Morgan fingerprint density at radius 1 is 0.974 bits per heavy atom. The summed E-state index contributed by atoms with van der Waals surface area (Å²) in [5.74, 6) is 0.544. The summed E-state index contributed by atoms with van der Waals surface area (Å²) in [4.78, 5) is 15.8. The van der Waals surface area contributed by atoms with Crippen LogP contribution in [0.1, 0.15) is 44.6 Å². The number of benzene rings is 3. The number of para-hydroxylation sites is 3. The maximum Gasteiger partial charge on any atom is 0.573 e. The fourth-order valence-electron chi connectivity index (χ4n) is 4.71. The highest BCUT2D eigenvalue weighted by Crippen LogP contribution is 2.31. The molecule has 0 aliphatic carbocycles. The summed E-state index contributed by atoms with van der Waals surface area (Å²) in [7, 11) is 0. The third-order valence-corrected chi connectivity index (χ3v) is 6.55. The minimum atomic E-state index is -4.76. The normalized spacial score (nSPS) is 12.4. The first-order valence-corrected chi connectivity index (χ1v) is 13.0. The monoisotopic (exact) mass is 540 g/mol. The molecule has 0 amide bonds. The summed E-state index contributed by atoms with van der Waals surface area (Å²) in [6.45, 7) is 3.00. The van der Waals surface area contributed by atoms with Gasteiger partial charge in [-0.05, 0) is 61.2 Å². The number of ether oxygens (including phenoxy) is 2. The van der Waals surface area contributed by atoms with Crippen LogP contribution in [0.15, 0.2) is 72.8 Å². The average molecular weight is 541 g/mol. The second-order valence-corrected chi connectivity index (χ2v) is 9.41. The second kappa shape index (κ2) is 12.7. The number of fused-ring (bicyclic) bond motifs is 1. The highest BCUT2D eigenvalue weighted by molar-refractivity contribution is 5.81. The summed E-state index contributed by atoms with van der Waals surface area (Å²) in [5, 5.41) is 9.04. The molecule has 3 aromatic carbocycles. The molecule has 0 aliphatic heterocycles. The van der Waals surface area contributed by atoms with Crippen LogP contribution >= 0.6 is 0 Å². The molecule has 0 aliphatic rings. The van der Waals surface area contributed by atoms with Crippen molar-refractivity contribution >= 4 is 17.0 Å². The Hall–Kier alpha value is -4.01. The predicted octanol–water partition coefficient (Wildman–Crippen LogP) is 7.70. The van der Waals surface area contributed by atoms with E-state index < -0.39 is 12.3 Å². The zero-order valence-corrected chi connectivity index (χ0v) is 21.7. The zero-order chi connectivity index (χ0) is 27.8. The van der Waals surface area contributed by atoms with E-state index in [2.05, 4.69) is 11.7 Å². The molecule has 39 heavy (non-hydrogen) atoms. The third kappa shape index (κ3) is 7.75. The molecule has 1 unspecified atom stereocenters. The fourth-order valence-corrected chi connectivity index (χ4v) is 4.71. The summed E-state index contributed by atoms with van der Waals surface area (Å²) in [5.41, 5.74) is 3.23. The molecule has 0 spiro atoms. The Kier molecular flexibility index (Phi) is 9.11. The molecule has 1 aromatic heterocycles. The van der Waals surface area contributed by atoms with Crippen LogP contribution in [0.25, 0.3) is 22.4 Å². The lowest BCUT2D eigenvalue weighted by atomic mass is 9.95. The van der Waals surface area contributed by atoms with Gasteiger partial charge in [0.2, 0.25) is 0 Å². The van der Waals surface area contributed by atoms with E-state index in [1.807, 2.05) is 53.1 Å². The molecule has 0 saturated heterocycles. The van der Waals surface area contributed by atoms with Crippen LogP contribution in [-0.4, -0.2) is 33.6 Å². The van der Waals surface area contributed by atoms with Crippen molar-refractivity contribution in [3.63, 3.8) is 0 Å². The van der Waals surface area contributed by atoms with Gasteiger partial charge in [0.1, 0.15) is 17.3 Å². The molecule has 6 nitrogen and oxygen atoms in total. The molecular weight excluding hydrogens is 509 g/mol. The van der Waals surface area contributed by atoms with Crippen molar-refractivity contribution in [3.05, 3.63) is 78.4 Å². The van der Waals surface area contributed by atoms with Crippen molar-refractivity contribution in [2.45, 2.75) is 51.9 Å². The molecule has 9 heteroatoms. The zero-order valence-electron chi connectivity index (χ0n) is 21.7. The van der Waals surface area contributed by atoms with E-state index >= 15 is 0 Å². The Morgan fingerprint density at radius 2 is 1.69 bits per heavy atom. The van der Waals surface area contributed by atoms with E-state index in [0.29, 0.717) is 31.0 Å². The second-order valence-electron chi connectivity index (χ2n) is 9.41. The van der Waals surface area contributed by atoms with E-state index in [9.17, 15) is 18.0 Å². The number of halogens is 3. The molecule has 1 N–H and O–H groups in total. The van der Waals surface area contributed by atoms with E-state index in [0.717, 1.165) is 41.6 Å². The number of imidazole rings is 1. The van der Waals surface area contributed by atoms with Crippen LogP contribution in [0.3, 0.4) is 0 Å². The Labute approximate surface area is 225 Å². The SMILES string of the molecule is CCCC(CCOc1ccccc1Cn1c(-c2ccc(OC(F)(F)F)cc2)nc2ccccc21)CCC(=O)O. The topological polar surface area (TPSA) is 73.6 Å². The van der Waals surface area contributed by atoms with Gasteiger partial charge in [0.25, 0.3) is 0 Å². The maximum absolute atomic E-state index is 12.6. The van der Waals surface area contributed by atoms with Crippen LogP contribution in [0, 0.1) is 5.92 Å². The van der Waals surface area contributed by atoms with Crippen LogP contribution in [0.2, 0.25) is 0 Å². The first kappa shape index (κ1) is 28.0. The first-order chi connectivity index (χ1) is 18.7. The van der Waals surface area contributed by atoms with Gasteiger partial charge in [0, 0.05) is 17.5 Å². The van der Waals surface area contributed by atoms with Gasteiger partial charge in [0.15, 0.2) is 0 Å². The van der Waals surface area contributed by atoms with Crippen molar-refractivity contribution in [2.24, 2.45) is 5.92 Å². The lowest BCUT2D eigenvalue weighted by molar-refractivity contribution is -0.274. The van der Waals surface area contributed by atoms with Crippen molar-refractivity contribution < 1.29 is 32.5 Å². The number of alkyl halides is 3. The minimum absolute atomic E-state index is 0.154. The summed E-state index contributed by atoms with van der Waals surface area (Å²) < 4.78 is 50.1. The molecule has 4 rings (SSSR count). The Bertz CT molecular complexity index is 1380. The highest BCUT2D eigenvalue weighted by atomic mass is 19.4. The number of nitrogens with zero attached hydrogens (tertiary/aromatic N) is 2. The number of aromatic nitrogens is 2. The van der Waals surface area contributed by atoms with Gasteiger partial charge in [-0.25, -0.2) is 4.98 Å². The third-order valence-electron chi connectivity index (χ3n) is 6.55. The fraction of sp³-hybridized carbons (Fsp3) is 0.333. The van der Waals surface area contributed by atoms with Crippen LogP contribution in [0.5, 0.6) is 11.5 Å². The van der Waals surface area contributed by atoms with Crippen molar-refractivity contribution in [3.8, 4) is 22.9 Å². The smallest absolute Gasteiger partial charge is 0.493 e. The predicted molar refractivity (Wildman–Crippen MR) is 143 cm³/mol. The molecule has 0 bridgehead atoms. The standard InChI is InChI=1S/C30H31F3N2O4/c1-2-7-21(12-17-28(36)37)18-19-38-27-11-6-3-8-23(27)20-35-26-10-5-4-9-25(26)34-29(35)22-13-15-24(16-14-22)39-30(31,32)33/h3-6,8-11,13-16,21H,2,7,12,17-20H2,1H3,(H,36,37). The molecule has 206 valence electrons. The number of hydrogen-bond donors (Lipinski definition) is 1. The lowest BCUT2D eigenvalue weighted by Crippen LogP contribution is -2.17. The van der Waals surface area contributed by atoms with Gasteiger partial charge in [-0.1, -0.05) is 50.1 Å². The van der Waals surface area contributed by atoms with Crippen molar-refractivity contribution in [1.82, 2.24) is 9.55 Å². The minimum Gasteiger partial charge on any atom is -0.493 e. The summed E-state index contributed by atoms with van der Waals surface area (Å²) >= 11 is 0. The number of hydrogen-bond acceptors (Lipinski definition) is 4. The van der Waals surface area contributed by atoms with Gasteiger partial charge >= 0.3 is 12.3 Å². The van der Waals surface area contributed by atoms with Crippen LogP contribution in [0.4, 0.5) is 13.2 Å². The van der Waals surface area contributed by atoms with Crippen molar-refractivity contribution in [2.75, 3.05) is 6.61 Å². The molecule has 1 atom stereocenters. The van der Waals surface area contributed by atoms with Gasteiger partial charge < -0.3 is 19.1 Å². The lowest BCUT2D eigenvalue weighted by Gasteiger charge is -2.18. The number of rotatable bonds is 13. The quantitative estimate of drug-likeness (QED) is 0.188. The largest absolute Gasteiger partial charge is 0.573 e. The molecule has 0 fully saturated rings. The van der Waals surface area contributed by atoms with Crippen LogP contribution < -0.4 is 9.47 Å². The maximum atomic E-state index is 12.6. The van der Waals surface area contributed by atoms with Gasteiger partial charge in [0.05, 0.1) is 24.2 Å². The van der Waals surface area contributed by atoms with Gasteiger partial charge in [-0.3, -0.25) is 4.79 Å². The van der Waals surface area contributed by atoms with E-state index in [4.69, 9.17) is 14.8 Å². The van der Waals surface area contributed by atoms with Gasteiger partial charge in [-0.2, -0.15) is 0 Å². The molecule has 1 heterocycles. The average Bonchev–Trinajstić information content (AvgIpc) is 3.26. The van der Waals surface area contributed by atoms with E-state index in [1.54, 1.807) is 12.1 Å². The summed E-state index contributed by atoms with van der Waals surface area (Å²) in [6.07, 6.45) is -1.27. The van der Waals surface area contributed by atoms with E-state index in [1.165, 1.54) is 12.1 Å². The summed E-state index contributed by atoms with van der Waals surface area (Å²) in [6, 6.07) is 21.0. The Balaban J connectivity index is 1.56. The molecule has 4 aromatic rings. The number of aliphatic carboxylic acids is 1. The van der Waals surface area contributed by atoms with Crippen molar-refractivity contribution in [1.29, 1.82) is 0 Å². The van der Waals surface area contributed by atoms with E-state index in [-0.39, 0.29) is 18.1 Å². The number of carbonyl (C=O) groups is 1. The first-order valence-electron chi connectivity index (χ1n) is 13.0. The number of carboxylic acids is 1. The Morgan fingerprint density at radius 3 is 2.41 bits per heavy atom. The highest BCUT2D eigenvalue weighted by Gasteiger charge is 2.31. The molecule has 0 saturated carbocycles. The molecule has 0 radical (unpaired) electrons. The van der Waals surface area contributed by atoms with Crippen LogP contribution in [-0.2, 0) is 11.3 Å².